The van der Waals surface area contributed by atoms with Gasteiger partial charge in [0.25, 0.3) is 0 Å². The lowest BCUT2D eigenvalue weighted by atomic mass is 9.85. The van der Waals surface area contributed by atoms with E-state index in [9.17, 15) is 22.4 Å². The summed E-state index contributed by atoms with van der Waals surface area (Å²) in [4.78, 5) is 12.0. The zero-order chi connectivity index (χ0) is 15.0. The summed E-state index contributed by atoms with van der Waals surface area (Å²) < 4.78 is 52.9. The molecular weight excluding hydrogens is 344 g/mol. The zero-order valence-electron chi connectivity index (χ0n) is 10.2. The molecule has 0 spiro atoms. The number of anilines is 1. The van der Waals surface area contributed by atoms with Gasteiger partial charge in [-0.05, 0) is 47.1 Å². The topological polar surface area (TPSA) is 41.1 Å². The number of alkyl halides is 3. The smallest absolute Gasteiger partial charge is 0.324 e. The minimum absolute atomic E-state index is 0.0227. The first-order valence-electron chi connectivity index (χ1n) is 5.80. The van der Waals surface area contributed by atoms with Crippen molar-refractivity contribution in [3.8, 4) is 0 Å². The van der Waals surface area contributed by atoms with E-state index in [4.69, 9.17) is 0 Å². The lowest BCUT2D eigenvalue weighted by molar-refractivity contribution is -0.213. The highest BCUT2D eigenvalue weighted by atomic mass is 79.9. The first-order valence-corrected chi connectivity index (χ1v) is 6.59. The largest absolute Gasteiger partial charge is 0.404 e. The third kappa shape index (κ3) is 2.67. The fraction of sp³-hybridized carbons (Fsp3) is 0.417. The molecule has 1 atom stereocenters. The number of benzene rings is 1. The number of carbonyl (C=O) groups is 1. The summed E-state index contributed by atoms with van der Waals surface area (Å²) in [7, 11) is 0. The molecule has 8 heteroatoms. The molecule has 1 aromatic rings. The van der Waals surface area contributed by atoms with Crippen LogP contribution < -0.4 is 10.6 Å². The van der Waals surface area contributed by atoms with Crippen molar-refractivity contribution in [2.24, 2.45) is 5.41 Å². The molecule has 1 heterocycles. The third-order valence-corrected chi connectivity index (χ3v) is 4.00. The van der Waals surface area contributed by atoms with Gasteiger partial charge < -0.3 is 10.6 Å². The molecule has 0 bridgehead atoms. The predicted molar refractivity (Wildman–Crippen MR) is 68.7 cm³/mol. The summed E-state index contributed by atoms with van der Waals surface area (Å²) in [6, 6.07) is 3.42. The highest BCUT2D eigenvalue weighted by Crippen LogP contribution is 2.44. The normalized spacial score (nSPS) is 22.9. The van der Waals surface area contributed by atoms with Crippen molar-refractivity contribution in [2.45, 2.75) is 12.6 Å². The Morgan fingerprint density at radius 1 is 1.40 bits per heavy atom. The SMILES string of the molecule is O=C(Nc1cc(F)ccc1Br)C1(C(F)(F)F)CCNC1. The molecule has 0 aliphatic carbocycles. The Morgan fingerprint density at radius 3 is 2.65 bits per heavy atom. The van der Waals surface area contributed by atoms with Gasteiger partial charge in [0.05, 0.1) is 5.69 Å². The first-order chi connectivity index (χ1) is 9.26. The maximum absolute atomic E-state index is 13.2. The molecule has 1 amide bonds. The van der Waals surface area contributed by atoms with Crippen LogP contribution in [-0.4, -0.2) is 25.2 Å². The van der Waals surface area contributed by atoms with Crippen LogP contribution in [0, 0.1) is 11.2 Å². The van der Waals surface area contributed by atoms with E-state index >= 15 is 0 Å². The predicted octanol–water partition coefficient (Wildman–Crippen LogP) is 3.07. The first kappa shape index (κ1) is 15.2. The number of hydrogen-bond acceptors (Lipinski definition) is 2. The number of carbonyl (C=O) groups excluding carboxylic acids is 1. The van der Waals surface area contributed by atoms with Crippen molar-refractivity contribution in [3.05, 3.63) is 28.5 Å². The molecule has 3 nitrogen and oxygen atoms in total. The van der Waals surface area contributed by atoms with E-state index in [0.29, 0.717) is 4.47 Å². The Hall–Kier alpha value is -1.15. The summed E-state index contributed by atoms with van der Waals surface area (Å²) in [6.45, 7) is -0.369. The maximum Gasteiger partial charge on any atom is 0.404 e. The summed E-state index contributed by atoms with van der Waals surface area (Å²) in [6.07, 6.45) is -5.00. The van der Waals surface area contributed by atoms with Gasteiger partial charge in [0.2, 0.25) is 5.91 Å². The standard InChI is InChI=1S/C12H11BrF4N2O/c13-8-2-1-7(14)5-9(8)19-10(20)11(12(15,16)17)3-4-18-6-11/h1-2,5,18H,3-4,6H2,(H,19,20). The van der Waals surface area contributed by atoms with Crippen molar-refractivity contribution in [1.82, 2.24) is 5.32 Å². The van der Waals surface area contributed by atoms with E-state index in [-0.39, 0.29) is 18.7 Å². The molecule has 0 aromatic heterocycles. The van der Waals surface area contributed by atoms with Crippen LogP contribution in [0.1, 0.15) is 6.42 Å². The van der Waals surface area contributed by atoms with E-state index in [2.05, 4.69) is 26.6 Å². The van der Waals surface area contributed by atoms with Crippen LogP contribution in [0.3, 0.4) is 0 Å². The van der Waals surface area contributed by atoms with E-state index in [1.54, 1.807) is 0 Å². The molecule has 1 fully saturated rings. The molecule has 1 unspecified atom stereocenters. The van der Waals surface area contributed by atoms with E-state index in [0.717, 1.165) is 12.1 Å². The van der Waals surface area contributed by atoms with Crippen LogP contribution in [0.15, 0.2) is 22.7 Å². The minimum atomic E-state index is -4.67. The Labute approximate surface area is 120 Å². The number of halogens is 5. The molecule has 0 saturated carbocycles. The van der Waals surface area contributed by atoms with Gasteiger partial charge in [-0.25, -0.2) is 4.39 Å². The van der Waals surface area contributed by atoms with Crippen LogP contribution in [0.5, 0.6) is 0 Å². The van der Waals surface area contributed by atoms with Crippen molar-refractivity contribution < 1.29 is 22.4 Å². The van der Waals surface area contributed by atoms with E-state index < -0.39 is 29.9 Å². The molecule has 110 valence electrons. The second-order valence-corrected chi connectivity index (χ2v) is 5.44. The number of amides is 1. The highest BCUT2D eigenvalue weighted by Gasteiger charge is 2.61. The van der Waals surface area contributed by atoms with Crippen LogP contribution in [0.25, 0.3) is 0 Å². The van der Waals surface area contributed by atoms with Gasteiger partial charge in [-0.1, -0.05) is 0 Å². The molecule has 2 N–H and O–H groups in total. The summed E-state index contributed by atoms with van der Waals surface area (Å²) in [5.74, 6) is -1.82. The fourth-order valence-corrected chi connectivity index (χ4v) is 2.44. The summed E-state index contributed by atoms with van der Waals surface area (Å²) in [5, 5.41) is 4.70. The monoisotopic (exact) mass is 354 g/mol. The number of hydrogen-bond donors (Lipinski definition) is 2. The summed E-state index contributed by atoms with van der Waals surface area (Å²) in [5.41, 5.74) is -2.50. The molecule has 0 radical (unpaired) electrons. The molecular formula is C12H11BrF4N2O. The van der Waals surface area contributed by atoms with E-state index in [1.165, 1.54) is 6.07 Å². The fourth-order valence-electron chi connectivity index (χ4n) is 2.09. The maximum atomic E-state index is 13.2. The molecule has 1 saturated heterocycles. The number of nitrogens with one attached hydrogen (secondary N) is 2. The van der Waals surface area contributed by atoms with Gasteiger partial charge in [0.15, 0.2) is 5.41 Å². The zero-order valence-corrected chi connectivity index (χ0v) is 11.7. The van der Waals surface area contributed by atoms with Crippen LogP contribution in [0.2, 0.25) is 0 Å². The van der Waals surface area contributed by atoms with Gasteiger partial charge in [0.1, 0.15) is 5.82 Å². The Balaban J connectivity index is 2.28. The van der Waals surface area contributed by atoms with Crippen molar-refractivity contribution in [1.29, 1.82) is 0 Å². The van der Waals surface area contributed by atoms with Gasteiger partial charge in [-0.2, -0.15) is 13.2 Å². The lowest BCUT2D eigenvalue weighted by Crippen LogP contribution is -2.49. The lowest BCUT2D eigenvalue weighted by Gasteiger charge is -2.29. The Bertz CT molecular complexity index is 527. The Kier molecular flexibility index (Phi) is 4.06. The van der Waals surface area contributed by atoms with Crippen LogP contribution in [-0.2, 0) is 4.79 Å². The molecule has 1 aromatic carbocycles. The third-order valence-electron chi connectivity index (χ3n) is 3.31. The number of rotatable bonds is 2. The average Bonchev–Trinajstić information content (AvgIpc) is 2.83. The quantitative estimate of drug-likeness (QED) is 0.801. The van der Waals surface area contributed by atoms with Crippen LogP contribution >= 0.6 is 15.9 Å². The van der Waals surface area contributed by atoms with Crippen molar-refractivity contribution >= 4 is 27.5 Å². The van der Waals surface area contributed by atoms with Gasteiger partial charge in [-0.15, -0.1) is 0 Å². The van der Waals surface area contributed by atoms with Crippen molar-refractivity contribution in [2.75, 3.05) is 18.4 Å². The van der Waals surface area contributed by atoms with Crippen LogP contribution in [0.4, 0.5) is 23.2 Å². The summed E-state index contributed by atoms with van der Waals surface area (Å²) >= 11 is 3.06. The van der Waals surface area contributed by atoms with Crippen molar-refractivity contribution in [3.63, 3.8) is 0 Å². The van der Waals surface area contributed by atoms with Gasteiger partial charge in [0, 0.05) is 11.0 Å². The molecule has 1 aliphatic rings. The van der Waals surface area contributed by atoms with Gasteiger partial charge in [-0.3, -0.25) is 4.79 Å². The molecule has 20 heavy (non-hydrogen) atoms. The van der Waals surface area contributed by atoms with Gasteiger partial charge >= 0.3 is 6.18 Å². The second-order valence-electron chi connectivity index (χ2n) is 4.58. The molecule has 2 rings (SSSR count). The second kappa shape index (κ2) is 5.33. The minimum Gasteiger partial charge on any atom is -0.324 e. The van der Waals surface area contributed by atoms with E-state index in [1.807, 2.05) is 0 Å². The molecule has 1 aliphatic heterocycles. The Morgan fingerprint density at radius 2 is 2.10 bits per heavy atom. The highest BCUT2D eigenvalue weighted by molar-refractivity contribution is 9.10. The average molecular weight is 355 g/mol.